The smallest absolute Gasteiger partial charge is 0.342 e. The summed E-state index contributed by atoms with van der Waals surface area (Å²) in [7, 11) is 0. The minimum absolute atomic E-state index is 0.0726. The first-order valence-electron chi connectivity index (χ1n) is 5.22. The summed E-state index contributed by atoms with van der Waals surface area (Å²) in [6, 6.07) is 2.48. The van der Waals surface area contributed by atoms with Crippen LogP contribution in [-0.4, -0.2) is 18.9 Å². The lowest BCUT2D eigenvalue weighted by Gasteiger charge is -2.06. The molecule has 1 aromatic carbocycles. The molecule has 0 N–H and O–H groups in total. The third-order valence-corrected chi connectivity index (χ3v) is 2.04. The predicted molar refractivity (Wildman–Crippen MR) is 64.1 cm³/mol. The molecule has 17 heavy (non-hydrogen) atoms. The molecular formula is C12H14ClFO3. The summed E-state index contributed by atoms with van der Waals surface area (Å²) in [6.07, 6.45) is 0.314. The SMILES string of the molecule is CC.CCOC(=O)c1c(Cl)ccc(C=O)c1F. The van der Waals surface area contributed by atoms with Crippen molar-refractivity contribution in [3.8, 4) is 0 Å². The van der Waals surface area contributed by atoms with Crippen LogP contribution in [0.15, 0.2) is 12.1 Å². The summed E-state index contributed by atoms with van der Waals surface area (Å²) >= 11 is 5.63. The Morgan fingerprint density at radius 2 is 2.06 bits per heavy atom. The maximum Gasteiger partial charge on any atom is 0.342 e. The topological polar surface area (TPSA) is 43.4 Å². The zero-order valence-electron chi connectivity index (χ0n) is 9.92. The molecule has 0 heterocycles. The summed E-state index contributed by atoms with van der Waals surface area (Å²) < 4.78 is 18.1. The maximum absolute atomic E-state index is 13.5. The zero-order chi connectivity index (χ0) is 13.4. The van der Waals surface area contributed by atoms with Crippen molar-refractivity contribution in [1.29, 1.82) is 0 Å². The maximum atomic E-state index is 13.5. The molecule has 0 atom stereocenters. The number of rotatable bonds is 3. The van der Waals surface area contributed by atoms with Crippen LogP contribution in [0.3, 0.4) is 0 Å². The van der Waals surface area contributed by atoms with E-state index in [4.69, 9.17) is 11.6 Å². The number of hydrogen-bond donors (Lipinski definition) is 0. The van der Waals surface area contributed by atoms with Crippen LogP contribution in [-0.2, 0) is 4.74 Å². The van der Waals surface area contributed by atoms with Gasteiger partial charge in [-0.05, 0) is 19.1 Å². The molecule has 0 radical (unpaired) electrons. The van der Waals surface area contributed by atoms with E-state index in [0.717, 1.165) is 0 Å². The van der Waals surface area contributed by atoms with Crippen molar-refractivity contribution in [2.45, 2.75) is 20.8 Å². The zero-order valence-corrected chi connectivity index (χ0v) is 10.7. The van der Waals surface area contributed by atoms with Gasteiger partial charge in [0.25, 0.3) is 0 Å². The van der Waals surface area contributed by atoms with Gasteiger partial charge in [-0.15, -0.1) is 0 Å². The van der Waals surface area contributed by atoms with Gasteiger partial charge in [-0.3, -0.25) is 4.79 Å². The fourth-order valence-corrected chi connectivity index (χ4v) is 1.27. The minimum Gasteiger partial charge on any atom is -0.462 e. The van der Waals surface area contributed by atoms with Gasteiger partial charge in [0.05, 0.1) is 17.2 Å². The molecule has 0 aliphatic heterocycles. The largest absolute Gasteiger partial charge is 0.462 e. The first kappa shape index (κ1) is 15.6. The van der Waals surface area contributed by atoms with Gasteiger partial charge in [0.15, 0.2) is 6.29 Å². The molecule has 0 unspecified atom stereocenters. The van der Waals surface area contributed by atoms with Gasteiger partial charge in [0.2, 0.25) is 0 Å². The Balaban J connectivity index is 0.00000121. The number of aldehydes is 1. The number of esters is 1. The number of halogens is 2. The second kappa shape index (κ2) is 7.79. The van der Waals surface area contributed by atoms with Crippen LogP contribution >= 0.6 is 11.6 Å². The van der Waals surface area contributed by atoms with Crippen LogP contribution in [0.2, 0.25) is 5.02 Å². The molecule has 0 amide bonds. The molecule has 3 nitrogen and oxygen atoms in total. The number of ether oxygens (including phenoxy) is 1. The summed E-state index contributed by atoms with van der Waals surface area (Å²) in [4.78, 5) is 21.7. The van der Waals surface area contributed by atoms with E-state index >= 15 is 0 Å². The second-order valence-electron chi connectivity index (χ2n) is 2.66. The van der Waals surface area contributed by atoms with Gasteiger partial charge in [-0.1, -0.05) is 25.4 Å². The average molecular weight is 261 g/mol. The Morgan fingerprint density at radius 3 is 2.53 bits per heavy atom. The standard InChI is InChI=1S/C10H8ClFO3.C2H6/c1-2-15-10(14)8-7(11)4-3-6(5-13)9(8)12;1-2/h3-5H,2H2,1H3;1-2H3. The fourth-order valence-electron chi connectivity index (χ4n) is 1.05. The monoisotopic (exact) mass is 260 g/mol. The van der Waals surface area contributed by atoms with Gasteiger partial charge in [0, 0.05) is 0 Å². The molecule has 0 aliphatic carbocycles. The number of carbonyl (C=O) groups excluding carboxylic acids is 2. The van der Waals surface area contributed by atoms with E-state index in [9.17, 15) is 14.0 Å². The van der Waals surface area contributed by atoms with E-state index in [-0.39, 0.29) is 17.2 Å². The normalized spacial score (nSPS) is 9.00. The fraction of sp³-hybridized carbons (Fsp3) is 0.333. The van der Waals surface area contributed by atoms with Crippen LogP contribution in [0.1, 0.15) is 41.5 Å². The van der Waals surface area contributed by atoms with Crippen molar-refractivity contribution >= 4 is 23.9 Å². The van der Waals surface area contributed by atoms with Gasteiger partial charge in [0.1, 0.15) is 11.4 Å². The molecule has 94 valence electrons. The summed E-state index contributed by atoms with van der Waals surface area (Å²) in [5, 5.41) is -0.0726. The summed E-state index contributed by atoms with van der Waals surface area (Å²) in [6.45, 7) is 5.70. The van der Waals surface area contributed by atoms with Gasteiger partial charge in [-0.25, -0.2) is 9.18 Å². The first-order valence-corrected chi connectivity index (χ1v) is 5.60. The summed E-state index contributed by atoms with van der Waals surface area (Å²) in [5.74, 6) is -1.82. The van der Waals surface area contributed by atoms with E-state index in [2.05, 4.69) is 4.74 Å². The first-order chi connectivity index (χ1) is 8.11. The number of carbonyl (C=O) groups is 2. The molecule has 1 rings (SSSR count). The van der Waals surface area contributed by atoms with E-state index < -0.39 is 17.3 Å². The lowest BCUT2D eigenvalue weighted by atomic mass is 10.1. The second-order valence-corrected chi connectivity index (χ2v) is 3.07. The Hall–Kier alpha value is -1.42. The Morgan fingerprint density at radius 1 is 1.47 bits per heavy atom. The Labute approximate surface area is 105 Å². The number of benzene rings is 1. The van der Waals surface area contributed by atoms with Crippen molar-refractivity contribution in [2.24, 2.45) is 0 Å². The summed E-state index contributed by atoms with van der Waals surface area (Å²) in [5.41, 5.74) is -0.620. The van der Waals surface area contributed by atoms with Crippen LogP contribution in [0.25, 0.3) is 0 Å². The lowest BCUT2D eigenvalue weighted by Crippen LogP contribution is -2.09. The molecule has 5 heteroatoms. The van der Waals surface area contributed by atoms with Gasteiger partial charge >= 0.3 is 5.97 Å². The van der Waals surface area contributed by atoms with E-state index in [1.54, 1.807) is 6.92 Å². The van der Waals surface area contributed by atoms with Crippen molar-refractivity contribution in [3.63, 3.8) is 0 Å². The van der Waals surface area contributed by atoms with Gasteiger partial charge in [-0.2, -0.15) is 0 Å². The van der Waals surface area contributed by atoms with E-state index in [1.165, 1.54) is 12.1 Å². The van der Waals surface area contributed by atoms with E-state index in [1.807, 2.05) is 13.8 Å². The van der Waals surface area contributed by atoms with Crippen LogP contribution in [0, 0.1) is 5.82 Å². The highest BCUT2D eigenvalue weighted by molar-refractivity contribution is 6.33. The molecular weight excluding hydrogens is 247 g/mol. The molecule has 0 spiro atoms. The van der Waals surface area contributed by atoms with Gasteiger partial charge < -0.3 is 4.74 Å². The molecule has 0 saturated heterocycles. The Bertz CT molecular complexity index is 405. The van der Waals surface area contributed by atoms with Crippen molar-refractivity contribution in [1.82, 2.24) is 0 Å². The molecule has 0 bridgehead atoms. The van der Waals surface area contributed by atoms with Crippen LogP contribution < -0.4 is 0 Å². The highest BCUT2D eigenvalue weighted by atomic mass is 35.5. The molecule has 0 fully saturated rings. The minimum atomic E-state index is -0.948. The lowest BCUT2D eigenvalue weighted by molar-refractivity contribution is 0.0521. The third kappa shape index (κ3) is 3.82. The molecule has 1 aromatic rings. The highest BCUT2D eigenvalue weighted by Gasteiger charge is 2.19. The highest BCUT2D eigenvalue weighted by Crippen LogP contribution is 2.22. The third-order valence-electron chi connectivity index (χ3n) is 1.73. The number of hydrogen-bond acceptors (Lipinski definition) is 3. The van der Waals surface area contributed by atoms with Crippen molar-refractivity contribution < 1.29 is 18.7 Å². The van der Waals surface area contributed by atoms with Crippen molar-refractivity contribution in [2.75, 3.05) is 6.61 Å². The Kier molecular flexibility index (Phi) is 7.14. The van der Waals surface area contributed by atoms with Crippen molar-refractivity contribution in [3.05, 3.63) is 34.1 Å². The predicted octanol–water partition coefficient (Wildman–Crippen LogP) is 3.49. The van der Waals surface area contributed by atoms with Crippen LogP contribution in [0.5, 0.6) is 0 Å². The van der Waals surface area contributed by atoms with Crippen LogP contribution in [0.4, 0.5) is 4.39 Å². The average Bonchev–Trinajstić information content (AvgIpc) is 2.32. The molecule has 0 aliphatic rings. The van der Waals surface area contributed by atoms with E-state index in [0.29, 0.717) is 6.29 Å². The molecule has 0 saturated carbocycles. The molecule has 0 aromatic heterocycles. The quantitative estimate of drug-likeness (QED) is 0.617.